The van der Waals surface area contributed by atoms with Gasteiger partial charge in [0.25, 0.3) is 5.91 Å². The fourth-order valence-corrected chi connectivity index (χ4v) is 4.70. The Kier molecular flexibility index (Phi) is 21.0. The molecule has 0 fully saturated rings. The van der Waals surface area contributed by atoms with E-state index in [9.17, 15) is 14.7 Å². The minimum absolute atomic E-state index is 0.0112. The predicted molar refractivity (Wildman–Crippen MR) is 168 cm³/mol. The summed E-state index contributed by atoms with van der Waals surface area (Å²) in [6.07, 6.45) is 31.3. The van der Waals surface area contributed by atoms with E-state index >= 15 is 0 Å². The smallest absolute Gasteiger partial charge is 0.255 e. The first-order valence-electron chi connectivity index (χ1n) is 14.3. The van der Waals surface area contributed by atoms with Crippen LogP contribution >= 0.6 is 11.8 Å². The lowest BCUT2D eigenvalue weighted by Gasteiger charge is -2.15. The number of benzene rings is 1. The molecule has 0 unspecified atom stereocenters. The Morgan fingerprint density at radius 3 is 1.95 bits per heavy atom. The molecule has 5 nitrogen and oxygen atoms in total. The third-order valence-electron chi connectivity index (χ3n) is 5.76. The Hall–Kier alpha value is -2.99. The molecule has 0 aliphatic carbocycles. The topological polar surface area (TPSA) is 78.4 Å². The number of amides is 2. The molecular formula is C33H48N2O3S. The van der Waals surface area contributed by atoms with Crippen LogP contribution in [0.4, 0.5) is 0 Å². The molecule has 0 bridgehead atoms. The van der Waals surface area contributed by atoms with E-state index in [1.807, 2.05) is 6.92 Å². The number of phenols is 1. The van der Waals surface area contributed by atoms with Gasteiger partial charge in [-0.25, -0.2) is 0 Å². The van der Waals surface area contributed by atoms with Crippen molar-refractivity contribution in [3.63, 3.8) is 0 Å². The standard InChI is InChI=1S/C33H48N2O3S/c1-3-5-6-7-8-9-10-11-12-13-14-15-16-17-18-19-20-23-28-39-31(4-2)33(38)35-27-26-34-32(37)29-24-21-22-25-30(29)36/h5-6,8-9,11-12,14-15,17-18,21-22,24-25,31,36H,3-4,7,10,13,16,19-20,23,26-28H2,1-2H3,(H,34,37)(H,35,38)/t31-/m0/s1. The summed E-state index contributed by atoms with van der Waals surface area (Å²) in [4.78, 5) is 24.6. The molecule has 0 saturated carbocycles. The summed E-state index contributed by atoms with van der Waals surface area (Å²) in [5, 5.41) is 15.3. The second-order valence-corrected chi connectivity index (χ2v) is 10.3. The molecule has 1 aromatic carbocycles. The van der Waals surface area contributed by atoms with Crippen LogP contribution in [0, 0.1) is 0 Å². The first-order valence-corrected chi connectivity index (χ1v) is 15.3. The molecule has 0 aromatic heterocycles. The Bertz CT molecular complexity index is 950. The highest BCUT2D eigenvalue weighted by Gasteiger charge is 2.16. The molecule has 6 heteroatoms. The van der Waals surface area contributed by atoms with E-state index in [0.29, 0.717) is 13.1 Å². The summed E-state index contributed by atoms with van der Waals surface area (Å²) >= 11 is 1.70. The molecule has 2 amide bonds. The van der Waals surface area contributed by atoms with Gasteiger partial charge in [0, 0.05) is 13.1 Å². The first kappa shape index (κ1) is 34.0. The zero-order valence-corrected chi connectivity index (χ0v) is 24.6. The van der Waals surface area contributed by atoms with Gasteiger partial charge in [-0.05, 0) is 75.7 Å². The molecule has 1 atom stereocenters. The Labute approximate surface area is 240 Å². The second kappa shape index (κ2) is 24.1. The molecule has 0 heterocycles. The van der Waals surface area contributed by atoms with Crippen molar-refractivity contribution >= 4 is 23.6 Å². The third-order valence-corrected chi connectivity index (χ3v) is 7.24. The minimum Gasteiger partial charge on any atom is -0.507 e. The number of allylic oxidation sites excluding steroid dienone is 10. The van der Waals surface area contributed by atoms with Gasteiger partial charge >= 0.3 is 0 Å². The molecule has 0 spiro atoms. The van der Waals surface area contributed by atoms with Crippen LogP contribution in [0.15, 0.2) is 85.0 Å². The van der Waals surface area contributed by atoms with Crippen molar-refractivity contribution in [3.8, 4) is 5.75 Å². The van der Waals surface area contributed by atoms with Gasteiger partial charge in [-0.1, -0.05) is 86.7 Å². The molecule has 0 aliphatic rings. The van der Waals surface area contributed by atoms with Crippen LogP contribution in [0.5, 0.6) is 5.75 Å². The lowest BCUT2D eigenvalue weighted by molar-refractivity contribution is -0.120. The van der Waals surface area contributed by atoms with Gasteiger partial charge in [0.15, 0.2) is 0 Å². The third kappa shape index (κ3) is 18.0. The van der Waals surface area contributed by atoms with Crippen LogP contribution in [0.3, 0.4) is 0 Å². The first-order chi connectivity index (χ1) is 19.1. The minimum atomic E-state index is -0.351. The summed E-state index contributed by atoms with van der Waals surface area (Å²) < 4.78 is 0. The van der Waals surface area contributed by atoms with Crippen molar-refractivity contribution < 1.29 is 14.7 Å². The van der Waals surface area contributed by atoms with Crippen molar-refractivity contribution in [2.24, 2.45) is 0 Å². The highest BCUT2D eigenvalue weighted by Crippen LogP contribution is 2.17. The Morgan fingerprint density at radius 2 is 1.36 bits per heavy atom. The summed E-state index contributed by atoms with van der Waals surface area (Å²) in [7, 11) is 0. The molecule has 39 heavy (non-hydrogen) atoms. The number of unbranched alkanes of at least 4 members (excludes halogenated alkanes) is 2. The van der Waals surface area contributed by atoms with E-state index in [0.717, 1.165) is 63.5 Å². The maximum atomic E-state index is 12.5. The van der Waals surface area contributed by atoms with Gasteiger partial charge in [-0.2, -0.15) is 0 Å². The van der Waals surface area contributed by atoms with E-state index in [1.165, 1.54) is 6.07 Å². The number of carbonyl (C=O) groups excluding carboxylic acids is 2. The number of rotatable bonds is 21. The molecule has 214 valence electrons. The molecule has 1 aromatic rings. The van der Waals surface area contributed by atoms with Crippen molar-refractivity contribution in [2.45, 2.75) is 76.9 Å². The number of phenolic OH excluding ortho intramolecular Hbond substituents is 1. The lowest BCUT2D eigenvalue weighted by Crippen LogP contribution is -2.38. The molecular weight excluding hydrogens is 504 g/mol. The summed E-state index contributed by atoms with van der Waals surface area (Å²) in [5.41, 5.74) is 0.232. The molecule has 0 radical (unpaired) electrons. The van der Waals surface area contributed by atoms with Crippen molar-refractivity contribution in [3.05, 3.63) is 90.6 Å². The molecule has 0 aliphatic heterocycles. The van der Waals surface area contributed by atoms with E-state index < -0.39 is 0 Å². The van der Waals surface area contributed by atoms with E-state index in [4.69, 9.17) is 0 Å². The van der Waals surface area contributed by atoms with Gasteiger partial charge < -0.3 is 15.7 Å². The average molecular weight is 553 g/mol. The van der Waals surface area contributed by atoms with Crippen molar-refractivity contribution in [2.75, 3.05) is 18.8 Å². The van der Waals surface area contributed by atoms with Crippen LogP contribution in [0.25, 0.3) is 0 Å². The fraction of sp³-hybridized carbons (Fsp3) is 0.455. The van der Waals surface area contributed by atoms with E-state index in [1.54, 1.807) is 30.0 Å². The maximum absolute atomic E-state index is 12.5. The van der Waals surface area contributed by atoms with Crippen LogP contribution in [-0.4, -0.2) is 41.0 Å². The number of hydrogen-bond donors (Lipinski definition) is 3. The molecule has 1 rings (SSSR count). The van der Waals surface area contributed by atoms with Gasteiger partial charge in [0.2, 0.25) is 5.91 Å². The van der Waals surface area contributed by atoms with Gasteiger partial charge in [0.1, 0.15) is 5.75 Å². The van der Waals surface area contributed by atoms with Gasteiger partial charge in [-0.15, -0.1) is 11.8 Å². The normalized spacial score (nSPS) is 12.9. The Balaban J connectivity index is 2.05. The van der Waals surface area contributed by atoms with Crippen molar-refractivity contribution in [1.29, 1.82) is 0 Å². The van der Waals surface area contributed by atoms with E-state index in [2.05, 4.69) is 78.3 Å². The quantitative estimate of drug-likeness (QED) is 0.108. The number of hydrogen-bond acceptors (Lipinski definition) is 4. The second-order valence-electron chi connectivity index (χ2n) is 9.04. The monoisotopic (exact) mass is 552 g/mol. The maximum Gasteiger partial charge on any atom is 0.255 e. The summed E-state index contributed by atoms with van der Waals surface area (Å²) in [6, 6.07) is 6.40. The lowest BCUT2D eigenvalue weighted by atomic mass is 10.2. The zero-order valence-electron chi connectivity index (χ0n) is 23.8. The van der Waals surface area contributed by atoms with Gasteiger partial charge in [0.05, 0.1) is 10.8 Å². The van der Waals surface area contributed by atoms with Crippen LogP contribution in [0.1, 0.15) is 82.0 Å². The van der Waals surface area contributed by atoms with Crippen LogP contribution in [0.2, 0.25) is 0 Å². The number of thioether (sulfide) groups is 1. The fourth-order valence-electron chi connectivity index (χ4n) is 3.57. The molecule has 0 saturated heterocycles. The van der Waals surface area contributed by atoms with E-state index in [-0.39, 0.29) is 28.4 Å². The summed E-state index contributed by atoms with van der Waals surface area (Å²) in [5.74, 6) is 0.567. The molecule has 3 N–H and O–H groups in total. The number of nitrogens with one attached hydrogen (secondary N) is 2. The Morgan fingerprint density at radius 1 is 0.795 bits per heavy atom. The summed E-state index contributed by atoms with van der Waals surface area (Å²) in [6.45, 7) is 4.85. The van der Waals surface area contributed by atoms with Crippen LogP contribution < -0.4 is 10.6 Å². The van der Waals surface area contributed by atoms with Crippen LogP contribution in [-0.2, 0) is 4.79 Å². The number of aromatic hydroxyl groups is 1. The number of para-hydroxylation sites is 1. The van der Waals surface area contributed by atoms with Crippen molar-refractivity contribution in [1.82, 2.24) is 10.6 Å². The SMILES string of the molecule is CCC=CCC=CCC=CCC=CCC=CCCCCS[C@@H](CC)C(=O)NCCNC(=O)c1ccccc1O. The average Bonchev–Trinajstić information content (AvgIpc) is 2.94. The highest BCUT2D eigenvalue weighted by atomic mass is 32.2. The largest absolute Gasteiger partial charge is 0.507 e. The predicted octanol–water partition coefficient (Wildman–Crippen LogP) is 7.67. The van der Waals surface area contributed by atoms with Gasteiger partial charge in [-0.3, -0.25) is 9.59 Å². The number of carbonyl (C=O) groups is 2. The zero-order chi connectivity index (χ0) is 28.4. The highest BCUT2D eigenvalue weighted by molar-refractivity contribution is 8.00.